The molecule has 0 aliphatic carbocycles. The van der Waals surface area contributed by atoms with Crippen molar-refractivity contribution in [3.05, 3.63) is 47.7 Å². The summed E-state index contributed by atoms with van der Waals surface area (Å²) >= 11 is 0. The fourth-order valence-electron chi connectivity index (χ4n) is 1.72. The Labute approximate surface area is 117 Å². The highest BCUT2D eigenvalue weighted by Crippen LogP contribution is 2.21. The molecule has 0 unspecified atom stereocenters. The molecule has 2 rings (SSSR count). The van der Waals surface area contributed by atoms with Crippen molar-refractivity contribution in [1.82, 2.24) is 4.98 Å². The van der Waals surface area contributed by atoms with Crippen LogP contribution >= 0.6 is 0 Å². The van der Waals surface area contributed by atoms with Gasteiger partial charge in [0.05, 0.1) is 10.5 Å². The second-order valence-corrected chi connectivity index (χ2v) is 6.40. The van der Waals surface area contributed by atoms with E-state index in [1.54, 1.807) is 24.4 Å². The molecule has 0 radical (unpaired) electrons. The van der Waals surface area contributed by atoms with Crippen molar-refractivity contribution in [1.29, 1.82) is 5.26 Å². The molecule has 1 aromatic heterocycles. The highest BCUT2D eigenvalue weighted by atomic mass is 32.2. The first-order valence-electron chi connectivity index (χ1n) is 5.84. The van der Waals surface area contributed by atoms with E-state index in [4.69, 9.17) is 5.26 Å². The van der Waals surface area contributed by atoms with Crippen LogP contribution in [0.15, 0.2) is 41.4 Å². The third-order valence-electron chi connectivity index (χ3n) is 2.82. The lowest BCUT2D eigenvalue weighted by molar-refractivity contribution is 0.602. The van der Waals surface area contributed by atoms with E-state index < -0.39 is 9.84 Å². The standard InChI is InChI=1S/C14H13N3O2S/c1-10-7-8-16-14(13(10)9-15)17-11-3-5-12(6-4-11)20(2,18)19/h3-8H,1-2H3,(H,16,17). The number of nitrogens with one attached hydrogen (secondary N) is 1. The minimum absolute atomic E-state index is 0.251. The second kappa shape index (κ2) is 5.31. The van der Waals surface area contributed by atoms with E-state index in [1.165, 1.54) is 12.1 Å². The van der Waals surface area contributed by atoms with Crippen LogP contribution in [0, 0.1) is 18.3 Å². The maximum atomic E-state index is 11.4. The van der Waals surface area contributed by atoms with Gasteiger partial charge in [-0.25, -0.2) is 13.4 Å². The lowest BCUT2D eigenvalue weighted by Gasteiger charge is -2.09. The Morgan fingerprint density at radius 1 is 1.20 bits per heavy atom. The van der Waals surface area contributed by atoms with Crippen LogP contribution < -0.4 is 5.32 Å². The molecule has 0 amide bonds. The number of benzene rings is 1. The van der Waals surface area contributed by atoms with Gasteiger partial charge in [0.25, 0.3) is 0 Å². The quantitative estimate of drug-likeness (QED) is 0.937. The number of rotatable bonds is 3. The molecule has 0 aliphatic heterocycles. The lowest BCUT2D eigenvalue weighted by atomic mass is 10.1. The van der Waals surface area contributed by atoms with E-state index in [-0.39, 0.29) is 4.90 Å². The summed E-state index contributed by atoms with van der Waals surface area (Å²) < 4.78 is 22.7. The van der Waals surface area contributed by atoms with E-state index in [9.17, 15) is 8.42 Å². The molecule has 1 N–H and O–H groups in total. The number of nitrogens with zero attached hydrogens (tertiary/aromatic N) is 2. The minimum Gasteiger partial charge on any atom is -0.339 e. The number of pyridine rings is 1. The Bertz CT molecular complexity index is 775. The van der Waals surface area contributed by atoms with Crippen molar-refractivity contribution in [2.45, 2.75) is 11.8 Å². The second-order valence-electron chi connectivity index (χ2n) is 4.38. The van der Waals surface area contributed by atoms with E-state index in [0.29, 0.717) is 17.1 Å². The summed E-state index contributed by atoms with van der Waals surface area (Å²) in [6.07, 6.45) is 2.77. The molecule has 20 heavy (non-hydrogen) atoms. The van der Waals surface area contributed by atoms with Crippen molar-refractivity contribution in [3.63, 3.8) is 0 Å². The van der Waals surface area contributed by atoms with Crippen LogP contribution in [0.1, 0.15) is 11.1 Å². The summed E-state index contributed by atoms with van der Waals surface area (Å²) in [5.41, 5.74) is 1.98. The third-order valence-corrected chi connectivity index (χ3v) is 3.94. The first-order valence-corrected chi connectivity index (χ1v) is 7.74. The summed E-state index contributed by atoms with van der Waals surface area (Å²) in [7, 11) is -3.21. The van der Waals surface area contributed by atoms with Gasteiger partial charge in [0.1, 0.15) is 11.9 Å². The van der Waals surface area contributed by atoms with Crippen LogP contribution in [0.3, 0.4) is 0 Å². The predicted octanol–water partition coefficient (Wildman–Crippen LogP) is 2.41. The van der Waals surface area contributed by atoms with Gasteiger partial charge in [-0.2, -0.15) is 5.26 Å². The monoisotopic (exact) mass is 287 g/mol. The number of sulfone groups is 1. The maximum Gasteiger partial charge on any atom is 0.175 e. The van der Waals surface area contributed by atoms with Crippen LogP contribution in [-0.4, -0.2) is 19.7 Å². The van der Waals surface area contributed by atoms with E-state index >= 15 is 0 Å². The van der Waals surface area contributed by atoms with Crippen LogP contribution in [0.4, 0.5) is 11.5 Å². The number of anilines is 2. The van der Waals surface area contributed by atoms with Gasteiger partial charge < -0.3 is 5.32 Å². The molecule has 0 bridgehead atoms. The minimum atomic E-state index is -3.21. The Balaban J connectivity index is 2.32. The molecule has 5 nitrogen and oxygen atoms in total. The van der Waals surface area contributed by atoms with Gasteiger partial charge in [0, 0.05) is 18.1 Å². The molecule has 1 heterocycles. The van der Waals surface area contributed by atoms with Crippen LogP contribution in [-0.2, 0) is 9.84 Å². The van der Waals surface area contributed by atoms with Crippen LogP contribution in [0.2, 0.25) is 0 Å². The molecular weight excluding hydrogens is 274 g/mol. The van der Waals surface area contributed by atoms with Gasteiger partial charge in [-0.05, 0) is 42.8 Å². The molecule has 1 aromatic carbocycles. The van der Waals surface area contributed by atoms with Crippen molar-refractivity contribution >= 4 is 21.3 Å². The zero-order valence-corrected chi connectivity index (χ0v) is 11.9. The van der Waals surface area contributed by atoms with Gasteiger partial charge in [-0.3, -0.25) is 0 Å². The number of nitriles is 1. The van der Waals surface area contributed by atoms with Crippen LogP contribution in [0.5, 0.6) is 0 Å². The predicted molar refractivity (Wildman–Crippen MR) is 76.5 cm³/mol. The first kappa shape index (κ1) is 14.0. The van der Waals surface area contributed by atoms with E-state index in [2.05, 4.69) is 16.4 Å². The van der Waals surface area contributed by atoms with Gasteiger partial charge in [0.15, 0.2) is 9.84 Å². The Kier molecular flexibility index (Phi) is 3.72. The maximum absolute atomic E-state index is 11.4. The van der Waals surface area contributed by atoms with Crippen molar-refractivity contribution in [2.75, 3.05) is 11.6 Å². The first-order chi connectivity index (χ1) is 9.41. The lowest BCUT2D eigenvalue weighted by Crippen LogP contribution is -2.00. The fourth-order valence-corrected chi connectivity index (χ4v) is 2.35. The molecular formula is C14H13N3O2S. The topological polar surface area (TPSA) is 82.8 Å². The summed E-state index contributed by atoms with van der Waals surface area (Å²) in [4.78, 5) is 4.38. The van der Waals surface area contributed by atoms with Gasteiger partial charge in [-0.1, -0.05) is 0 Å². The third kappa shape index (κ3) is 2.95. The number of aryl methyl sites for hydroxylation is 1. The van der Waals surface area contributed by atoms with Gasteiger partial charge in [-0.15, -0.1) is 0 Å². The van der Waals surface area contributed by atoms with Gasteiger partial charge >= 0.3 is 0 Å². The largest absolute Gasteiger partial charge is 0.339 e. The Morgan fingerprint density at radius 3 is 2.40 bits per heavy atom. The molecule has 0 saturated heterocycles. The summed E-state index contributed by atoms with van der Waals surface area (Å²) in [6.45, 7) is 1.83. The van der Waals surface area contributed by atoms with Crippen molar-refractivity contribution in [2.24, 2.45) is 0 Å². The molecule has 2 aromatic rings. The van der Waals surface area contributed by atoms with Crippen molar-refractivity contribution < 1.29 is 8.42 Å². The van der Waals surface area contributed by atoms with Crippen LogP contribution in [0.25, 0.3) is 0 Å². The summed E-state index contributed by atoms with van der Waals surface area (Å²) in [6, 6.07) is 10.2. The average Bonchev–Trinajstić information content (AvgIpc) is 2.38. The van der Waals surface area contributed by atoms with Crippen molar-refractivity contribution in [3.8, 4) is 6.07 Å². The summed E-state index contributed by atoms with van der Waals surface area (Å²) in [5.74, 6) is 0.458. The average molecular weight is 287 g/mol. The molecule has 102 valence electrons. The zero-order chi connectivity index (χ0) is 14.8. The van der Waals surface area contributed by atoms with Gasteiger partial charge in [0.2, 0.25) is 0 Å². The SMILES string of the molecule is Cc1ccnc(Nc2ccc(S(C)(=O)=O)cc2)c1C#N. The number of hydrogen-bond donors (Lipinski definition) is 1. The normalized spacial score (nSPS) is 10.8. The summed E-state index contributed by atoms with van der Waals surface area (Å²) in [5, 5.41) is 12.1. The molecule has 0 aliphatic rings. The molecule has 6 heteroatoms. The molecule has 0 saturated carbocycles. The molecule has 0 atom stereocenters. The fraction of sp³-hybridized carbons (Fsp3) is 0.143. The highest BCUT2D eigenvalue weighted by Gasteiger charge is 2.09. The van der Waals surface area contributed by atoms with E-state index in [1.807, 2.05) is 6.92 Å². The Hall–Kier alpha value is -2.39. The number of aromatic nitrogens is 1. The molecule has 0 fully saturated rings. The molecule has 0 spiro atoms. The zero-order valence-electron chi connectivity index (χ0n) is 11.1. The number of hydrogen-bond acceptors (Lipinski definition) is 5. The Morgan fingerprint density at radius 2 is 1.85 bits per heavy atom. The smallest absolute Gasteiger partial charge is 0.175 e. The highest BCUT2D eigenvalue weighted by molar-refractivity contribution is 7.90. The van der Waals surface area contributed by atoms with E-state index in [0.717, 1.165) is 11.8 Å².